The van der Waals surface area contributed by atoms with Crippen LogP contribution in [-0.2, 0) is 34.4 Å². The number of amides is 1. The predicted molar refractivity (Wildman–Crippen MR) is 249 cm³/mol. The second kappa shape index (κ2) is 19.7. The minimum Gasteiger partial charge on any atom is -0.480 e. The molecule has 67 heavy (non-hydrogen) atoms. The Balaban J connectivity index is 0.000000203. The van der Waals surface area contributed by atoms with Crippen molar-refractivity contribution < 1.29 is 46.2 Å². The molecule has 6 aromatic rings. The minimum absolute atomic E-state index is 0.0509. The standard InChI is InChI=1S/C25H31N5O6S.C20H23N5O4S/c1-17-7-9-19(10-8-17)37(34,35)30-13-11-20-22(26-16-27-23(20)30)29(15-21(31)32)18-6-5-12-28(14-18)24(33)36-25(2,3)4;1-14-4-6-16(7-5-14)30(28,29)25-10-8-17-19(22-13-23-20(17)25)24(12-18(26)27)15-3-2-9-21-11-15/h7-11,13,16,18H,5-6,12,14-15H2,1-4H3,(H,31,32);4-8,10,13,15,21H,2-3,9,11-12H2,1H3,(H,26,27)/t18-;/m1./s1. The second-order valence-corrected chi connectivity index (χ2v) is 21.1. The summed E-state index contributed by atoms with van der Waals surface area (Å²) in [4.78, 5) is 58.3. The van der Waals surface area contributed by atoms with Crippen molar-refractivity contribution >= 4 is 71.8 Å². The van der Waals surface area contributed by atoms with Gasteiger partial charge in [-0.15, -0.1) is 0 Å². The lowest BCUT2D eigenvalue weighted by Crippen LogP contribution is -2.52. The highest BCUT2D eigenvalue weighted by Gasteiger charge is 2.34. The molecule has 2 aliphatic rings. The topological polar surface area (TPSA) is 252 Å². The quantitative estimate of drug-likeness (QED) is 0.148. The average Bonchev–Trinajstić information content (AvgIpc) is 3.94. The summed E-state index contributed by atoms with van der Waals surface area (Å²) in [5, 5.41) is 23.3. The van der Waals surface area contributed by atoms with Gasteiger partial charge in [0.1, 0.15) is 43.0 Å². The van der Waals surface area contributed by atoms with Crippen molar-refractivity contribution in [3.8, 4) is 0 Å². The van der Waals surface area contributed by atoms with E-state index in [0.29, 0.717) is 48.3 Å². The number of anilines is 2. The number of hydrogen-bond acceptors (Lipinski definition) is 15. The van der Waals surface area contributed by atoms with Gasteiger partial charge < -0.3 is 35.0 Å². The van der Waals surface area contributed by atoms with Gasteiger partial charge in [-0.2, -0.15) is 0 Å². The number of carboxylic acid groups (broad SMARTS) is 2. The zero-order chi connectivity index (χ0) is 48.3. The van der Waals surface area contributed by atoms with Gasteiger partial charge in [0.15, 0.2) is 11.3 Å². The Morgan fingerprint density at radius 2 is 1.16 bits per heavy atom. The van der Waals surface area contributed by atoms with Crippen LogP contribution in [0.3, 0.4) is 0 Å². The number of piperidine rings is 2. The lowest BCUT2D eigenvalue weighted by atomic mass is 10.0. The van der Waals surface area contributed by atoms with Crippen molar-refractivity contribution in [1.82, 2.24) is 38.1 Å². The molecule has 3 N–H and O–H groups in total. The normalized spacial score (nSPS) is 16.8. The molecule has 1 unspecified atom stereocenters. The molecule has 4 aromatic heterocycles. The number of fused-ring (bicyclic) bond motifs is 2. The third-order valence-corrected chi connectivity index (χ3v) is 14.7. The fourth-order valence-corrected chi connectivity index (χ4v) is 10.8. The van der Waals surface area contributed by atoms with Gasteiger partial charge in [0.2, 0.25) is 0 Å². The van der Waals surface area contributed by atoms with E-state index < -0.39 is 43.7 Å². The van der Waals surface area contributed by atoms with Gasteiger partial charge >= 0.3 is 18.0 Å². The summed E-state index contributed by atoms with van der Waals surface area (Å²) in [6, 6.07) is 15.9. The molecule has 2 saturated heterocycles. The summed E-state index contributed by atoms with van der Waals surface area (Å²) >= 11 is 0. The van der Waals surface area contributed by atoms with Crippen LogP contribution in [0.5, 0.6) is 0 Å². The molecule has 2 atom stereocenters. The van der Waals surface area contributed by atoms with Crippen molar-refractivity contribution in [2.24, 2.45) is 0 Å². The third-order valence-electron chi connectivity index (χ3n) is 11.4. The first-order chi connectivity index (χ1) is 31.7. The molecule has 2 aliphatic heterocycles. The Morgan fingerprint density at radius 3 is 1.60 bits per heavy atom. The van der Waals surface area contributed by atoms with E-state index >= 15 is 0 Å². The first-order valence-electron chi connectivity index (χ1n) is 21.7. The molecule has 0 radical (unpaired) electrons. The number of carbonyl (C=O) groups excluding carboxylic acids is 1. The average molecular weight is 959 g/mol. The number of carboxylic acids is 2. The number of benzene rings is 2. The third kappa shape index (κ3) is 10.8. The number of aliphatic carboxylic acids is 2. The van der Waals surface area contributed by atoms with E-state index in [2.05, 4.69) is 25.3 Å². The summed E-state index contributed by atoms with van der Waals surface area (Å²) in [6.07, 6.45) is 7.91. The largest absolute Gasteiger partial charge is 0.480 e. The van der Waals surface area contributed by atoms with Crippen LogP contribution in [0.1, 0.15) is 57.6 Å². The SMILES string of the molecule is Cc1ccc(S(=O)(=O)n2ccc3c(N(CC(=O)O)C4CCCNC4)ncnc32)cc1.Cc1ccc(S(=O)(=O)n2ccc3c(N(CC(=O)O)[C@@H]4CCCN(C(=O)OC(C)(C)C)C4)ncnc32)cc1. The molecule has 0 spiro atoms. The van der Waals surface area contributed by atoms with Crippen LogP contribution in [0.4, 0.5) is 16.4 Å². The lowest BCUT2D eigenvalue weighted by Gasteiger charge is -2.39. The Bertz CT molecular complexity index is 2980. The summed E-state index contributed by atoms with van der Waals surface area (Å²) in [7, 11) is -7.79. The number of nitrogens with one attached hydrogen (secondary N) is 1. The Hall–Kier alpha value is -6.65. The maximum atomic E-state index is 13.3. The summed E-state index contributed by atoms with van der Waals surface area (Å²) < 4.78 is 60.7. The molecule has 8 rings (SSSR count). The first-order valence-corrected chi connectivity index (χ1v) is 24.6. The van der Waals surface area contributed by atoms with E-state index in [9.17, 15) is 41.4 Å². The monoisotopic (exact) mass is 958 g/mol. The number of aromatic nitrogens is 6. The smallest absolute Gasteiger partial charge is 0.410 e. The van der Waals surface area contributed by atoms with Crippen LogP contribution in [-0.4, -0.2) is 135 Å². The maximum absolute atomic E-state index is 13.3. The van der Waals surface area contributed by atoms with Gasteiger partial charge in [0.25, 0.3) is 20.0 Å². The number of nitrogens with zero attached hydrogens (tertiary/aromatic N) is 9. The van der Waals surface area contributed by atoms with Crippen LogP contribution in [0, 0.1) is 13.8 Å². The highest BCUT2D eigenvalue weighted by molar-refractivity contribution is 7.90. The number of rotatable bonds is 12. The van der Waals surface area contributed by atoms with Gasteiger partial charge in [-0.3, -0.25) is 9.59 Å². The Labute approximate surface area is 388 Å². The fraction of sp³-hybridized carbons (Fsp3) is 0.400. The maximum Gasteiger partial charge on any atom is 0.410 e. The van der Waals surface area contributed by atoms with E-state index in [1.54, 1.807) is 84.0 Å². The van der Waals surface area contributed by atoms with Crippen molar-refractivity contribution in [2.75, 3.05) is 49.1 Å². The highest BCUT2D eigenvalue weighted by Crippen LogP contribution is 2.32. The number of aryl methyl sites for hydroxylation is 2. The molecule has 2 aromatic carbocycles. The van der Waals surface area contributed by atoms with Crippen LogP contribution < -0.4 is 15.1 Å². The molecule has 2 fully saturated rings. The zero-order valence-corrected chi connectivity index (χ0v) is 39.4. The fourth-order valence-electron chi connectivity index (χ4n) is 8.17. The molecule has 0 aliphatic carbocycles. The summed E-state index contributed by atoms with van der Waals surface area (Å²) in [5.41, 5.74) is 1.59. The second-order valence-electron chi connectivity index (χ2n) is 17.5. The lowest BCUT2D eigenvalue weighted by molar-refractivity contribution is -0.136. The molecule has 0 saturated carbocycles. The Kier molecular flexibility index (Phi) is 14.2. The number of ether oxygens (including phenoxy) is 1. The molecular formula is C45H54N10O10S2. The molecular weight excluding hydrogens is 905 g/mol. The van der Waals surface area contributed by atoms with Gasteiger partial charge in [0, 0.05) is 44.1 Å². The van der Waals surface area contributed by atoms with E-state index in [1.165, 1.54) is 37.2 Å². The first kappa shape index (κ1) is 48.3. The summed E-state index contributed by atoms with van der Waals surface area (Å²) in [5.74, 6) is -1.33. The predicted octanol–water partition coefficient (Wildman–Crippen LogP) is 4.89. The molecule has 356 valence electrons. The van der Waals surface area contributed by atoms with Gasteiger partial charge in [-0.05, 0) is 103 Å². The molecule has 22 heteroatoms. The number of hydrogen-bond donors (Lipinski definition) is 3. The summed E-state index contributed by atoms with van der Waals surface area (Å²) in [6.45, 7) is 10.8. The van der Waals surface area contributed by atoms with E-state index in [0.717, 1.165) is 38.5 Å². The number of likely N-dealkylation sites (tertiary alicyclic amines) is 1. The van der Waals surface area contributed by atoms with Crippen LogP contribution in [0.2, 0.25) is 0 Å². The molecule has 6 heterocycles. The van der Waals surface area contributed by atoms with E-state index in [4.69, 9.17) is 4.74 Å². The van der Waals surface area contributed by atoms with E-state index in [1.807, 2.05) is 13.8 Å². The van der Waals surface area contributed by atoms with Crippen LogP contribution in [0.25, 0.3) is 22.1 Å². The highest BCUT2D eigenvalue weighted by atomic mass is 32.2. The van der Waals surface area contributed by atoms with Crippen LogP contribution in [0.15, 0.2) is 95.5 Å². The molecule has 20 nitrogen and oxygen atoms in total. The Morgan fingerprint density at radius 1 is 0.701 bits per heavy atom. The van der Waals surface area contributed by atoms with E-state index in [-0.39, 0.29) is 52.8 Å². The van der Waals surface area contributed by atoms with Crippen molar-refractivity contribution in [3.63, 3.8) is 0 Å². The zero-order valence-electron chi connectivity index (χ0n) is 37.8. The van der Waals surface area contributed by atoms with Crippen LogP contribution >= 0.6 is 0 Å². The molecule has 0 bridgehead atoms. The number of carbonyl (C=O) groups is 3. The van der Waals surface area contributed by atoms with Gasteiger partial charge in [-0.25, -0.2) is 49.5 Å². The van der Waals surface area contributed by atoms with Gasteiger partial charge in [0.05, 0.1) is 20.6 Å². The minimum atomic E-state index is -3.94. The van der Waals surface area contributed by atoms with Crippen molar-refractivity contribution in [1.29, 1.82) is 0 Å². The van der Waals surface area contributed by atoms with Crippen molar-refractivity contribution in [3.05, 3.63) is 96.8 Å². The van der Waals surface area contributed by atoms with Gasteiger partial charge in [-0.1, -0.05) is 35.4 Å². The molecule has 1 amide bonds. The van der Waals surface area contributed by atoms with Crippen molar-refractivity contribution in [2.45, 2.75) is 87.8 Å².